The fourth-order valence-corrected chi connectivity index (χ4v) is 3.39. The maximum atomic E-state index is 12.4. The van der Waals surface area contributed by atoms with Crippen LogP contribution in [0, 0.1) is 6.92 Å². The quantitative estimate of drug-likeness (QED) is 0.663. The van der Waals surface area contributed by atoms with Gasteiger partial charge in [0.25, 0.3) is 5.91 Å². The topological polar surface area (TPSA) is 57.3 Å². The molecule has 2 N–H and O–H groups in total. The van der Waals surface area contributed by atoms with Crippen molar-refractivity contribution in [3.05, 3.63) is 78.0 Å². The van der Waals surface area contributed by atoms with Gasteiger partial charge in [0.15, 0.2) is 0 Å². The first-order chi connectivity index (χ1) is 13.7. The second kappa shape index (κ2) is 8.13. The Hall–Kier alpha value is -3.34. The van der Waals surface area contributed by atoms with Crippen LogP contribution in [0.25, 0.3) is 0 Å². The van der Waals surface area contributed by atoms with E-state index in [1.165, 1.54) is 18.5 Å². The molecular formula is C23H24N4O. The summed E-state index contributed by atoms with van der Waals surface area (Å²) in [6, 6.07) is 19.7. The summed E-state index contributed by atoms with van der Waals surface area (Å²) in [6.07, 6.45) is 4.13. The van der Waals surface area contributed by atoms with Crippen LogP contribution in [-0.2, 0) is 0 Å². The van der Waals surface area contributed by atoms with Gasteiger partial charge in [-0.05, 0) is 67.8 Å². The average molecular weight is 372 g/mol. The van der Waals surface area contributed by atoms with Crippen molar-refractivity contribution in [2.45, 2.75) is 19.8 Å². The van der Waals surface area contributed by atoms with Crippen LogP contribution in [-0.4, -0.2) is 24.0 Å². The number of amides is 1. The fourth-order valence-electron chi connectivity index (χ4n) is 3.39. The van der Waals surface area contributed by atoms with Gasteiger partial charge in [0, 0.05) is 36.3 Å². The van der Waals surface area contributed by atoms with Crippen LogP contribution in [0.1, 0.15) is 28.8 Å². The fraction of sp³-hybridized carbons (Fsp3) is 0.217. The molecule has 1 aliphatic rings. The van der Waals surface area contributed by atoms with Crippen molar-refractivity contribution in [1.29, 1.82) is 0 Å². The van der Waals surface area contributed by atoms with E-state index in [1.54, 1.807) is 12.3 Å². The highest BCUT2D eigenvalue weighted by Gasteiger charge is 2.12. The summed E-state index contributed by atoms with van der Waals surface area (Å²) in [7, 11) is 0. The minimum absolute atomic E-state index is 0.164. The number of rotatable bonds is 5. The van der Waals surface area contributed by atoms with Crippen molar-refractivity contribution in [3.8, 4) is 0 Å². The number of benzene rings is 2. The van der Waals surface area contributed by atoms with E-state index in [9.17, 15) is 4.79 Å². The van der Waals surface area contributed by atoms with Gasteiger partial charge in [-0.15, -0.1) is 0 Å². The van der Waals surface area contributed by atoms with Gasteiger partial charge >= 0.3 is 0 Å². The molecule has 1 aliphatic heterocycles. The van der Waals surface area contributed by atoms with Gasteiger partial charge in [0.2, 0.25) is 0 Å². The Morgan fingerprint density at radius 1 is 0.964 bits per heavy atom. The molecule has 2 heterocycles. The number of nitrogens with one attached hydrogen (secondary N) is 2. The van der Waals surface area contributed by atoms with Crippen molar-refractivity contribution in [1.82, 2.24) is 4.98 Å². The zero-order valence-corrected chi connectivity index (χ0v) is 16.0. The molecule has 5 heteroatoms. The first-order valence-corrected chi connectivity index (χ1v) is 9.64. The summed E-state index contributed by atoms with van der Waals surface area (Å²) >= 11 is 0. The van der Waals surface area contributed by atoms with Gasteiger partial charge in [-0.1, -0.05) is 18.2 Å². The number of aromatic nitrogens is 1. The molecule has 4 rings (SSSR count). The zero-order chi connectivity index (χ0) is 19.3. The summed E-state index contributed by atoms with van der Waals surface area (Å²) in [5.74, 6) is 0.546. The molecule has 0 unspecified atom stereocenters. The van der Waals surface area contributed by atoms with Crippen LogP contribution < -0.4 is 15.5 Å². The van der Waals surface area contributed by atoms with Crippen LogP contribution in [0.5, 0.6) is 0 Å². The molecule has 0 saturated carbocycles. The molecule has 3 aromatic rings. The molecule has 0 bridgehead atoms. The van der Waals surface area contributed by atoms with E-state index in [2.05, 4.69) is 44.8 Å². The van der Waals surface area contributed by atoms with Gasteiger partial charge < -0.3 is 15.5 Å². The minimum Gasteiger partial charge on any atom is -0.372 e. The van der Waals surface area contributed by atoms with Crippen LogP contribution in [0.3, 0.4) is 0 Å². The van der Waals surface area contributed by atoms with E-state index in [0.717, 1.165) is 30.0 Å². The summed E-state index contributed by atoms with van der Waals surface area (Å²) in [5.41, 5.74) is 4.61. The van der Waals surface area contributed by atoms with Crippen molar-refractivity contribution in [2.75, 3.05) is 28.6 Å². The minimum atomic E-state index is -0.164. The largest absolute Gasteiger partial charge is 0.372 e. The lowest BCUT2D eigenvalue weighted by Gasteiger charge is -2.17. The lowest BCUT2D eigenvalue weighted by Crippen LogP contribution is -2.17. The van der Waals surface area contributed by atoms with Gasteiger partial charge in [0.05, 0.1) is 5.56 Å². The number of carbonyl (C=O) groups excluding carboxylic acids is 1. The molecule has 28 heavy (non-hydrogen) atoms. The summed E-state index contributed by atoms with van der Waals surface area (Å²) in [6.45, 7) is 4.25. The molecule has 0 spiro atoms. The average Bonchev–Trinajstić information content (AvgIpc) is 3.26. The highest BCUT2D eigenvalue weighted by Crippen LogP contribution is 2.23. The van der Waals surface area contributed by atoms with Gasteiger partial charge in [-0.3, -0.25) is 4.79 Å². The number of hydrogen-bond acceptors (Lipinski definition) is 4. The van der Waals surface area contributed by atoms with E-state index in [-0.39, 0.29) is 5.91 Å². The predicted molar refractivity (Wildman–Crippen MR) is 115 cm³/mol. The summed E-state index contributed by atoms with van der Waals surface area (Å²) < 4.78 is 0. The van der Waals surface area contributed by atoms with Gasteiger partial charge in [0.1, 0.15) is 5.82 Å². The van der Waals surface area contributed by atoms with Crippen LogP contribution in [0.4, 0.5) is 22.9 Å². The van der Waals surface area contributed by atoms with Crippen molar-refractivity contribution in [2.24, 2.45) is 0 Å². The molecule has 1 fully saturated rings. The normalized spacial score (nSPS) is 13.4. The van der Waals surface area contributed by atoms with Crippen LogP contribution in [0.15, 0.2) is 66.9 Å². The van der Waals surface area contributed by atoms with E-state index in [1.807, 2.05) is 37.3 Å². The highest BCUT2D eigenvalue weighted by molar-refractivity contribution is 6.04. The van der Waals surface area contributed by atoms with E-state index < -0.39 is 0 Å². The number of pyridine rings is 1. The van der Waals surface area contributed by atoms with Gasteiger partial charge in [-0.2, -0.15) is 0 Å². The third-order valence-corrected chi connectivity index (χ3v) is 5.03. The smallest absolute Gasteiger partial charge is 0.257 e. The third-order valence-electron chi connectivity index (χ3n) is 5.03. The van der Waals surface area contributed by atoms with E-state index in [4.69, 9.17) is 0 Å². The Morgan fingerprint density at radius 3 is 2.39 bits per heavy atom. The summed E-state index contributed by atoms with van der Waals surface area (Å²) in [5, 5.41) is 6.21. The van der Waals surface area contributed by atoms with Crippen molar-refractivity contribution in [3.63, 3.8) is 0 Å². The monoisotopic (exact) mass is 372 g/mol. The van der Waals surface area contributed by atoms with Gasteiger partial charge in [-0.25, -0.2) is 4.98 Å². The molecule has 0 aliphatic carbocycles. The van der Waals surface area contributed by atoms with E-state index in [0.29, 0.717) is 11.4 Å². The Labute approximate surface area is 165 Å². The zero-order valence-electron chi connectivity index (χ0n) is 16.0. The maximum absolute atomic E-state index is 12.4. The molecule has 1 aromatic heterocycles. The predicted octanol–water partition coefficient (Wildman–Crippen LogP) is 4.99. The number of nitrogens with zero attached hydrogens (tertiary/aromatic N) is 2. The lowest BCUT2D eigenvalue weighted by atomic mass is 10.2. The first kappa shape index (κ1) is 18.0. The number of hydrogen-bond donors (Lipinski definition) is 2. The maximum Gasteiger partial charge on any atom is 0.257 e. The van der Waals surface area contributed by atoms with Crippen LogP contribution >= 0.6 is 0 Å². The molecule has 0 radical (unpaired) electrons. The lowest BCUT2D eigenvalue weighted by molar-refractivity contribution is 0.102. The molecular weight excluding hydrogens is 348 g/mol. The Morgan fingerprint density at radius 2 is 1.71 bits per heavy atom. The number of carbonyl (C=O) groups is 1. The molecule has 1 saturated heterocycles. The highest BCUT2D eigenvalue weighted by atomic mass is 16.1. The molecule has 5 nitrogen and oxygen atoms in total. The first-order valence-electron chi connectivity index (χ1n) is 9.64. The Bertz CT molecular complexity index is 945. The third kappa shape index (κ3) is 4.14. The summed E-state index contributed by atoms with van der Waals surface area (Å²) in [4.78, 5) is 19.2. The second-order valence-corrected chi connectivity index (χ2v) is 7.07. The Kier molecular flexibility index (Phi) is 5.24. The van der Waals surface area contributed by atoms with Crippen molar-refractivity contribution < 1.29 is 4.79 Å². The molecule has 0 atom stereocenters. The molecule has 142 valence electrons. The number of para-hydroxylation sites is 1. The molecule has 1 amide bonds. The SMILES string of the molecule is Cc1ccccc1NC(=O)c1ccc(Nc2ccc(N3CCCC3)cc2)nc1. The van der Waals surface area contributed by atoms with E-state index >= 15 is 0 Å². The number of anilines is 4. The second-order valence-electron chi connectivity index (χ2n) is 7.07. The standard InChI is InChI=1S/C23H24N4O/c1-17-6-2-3-7-21(17)26-23(28)18-8-13-22(24-16-18)25-19-9-11-20(12-10-19)27-14-4-5-15-27/h2-3,6-13,16H,4-5,14-15H2,1H3,(H,24,25)(H,26,28). The molecule has 2 aromatic carbocycles. The Balaban J connectivity index is 1.39. The van der Waals surface area contributed by atoms with Crippen molar-refractivity contribution >= 4 is 28.8 Å². The number of aryl methyl sites for hydroxylation is 1. The van der Waals surface area contributed by atoms with Crippen LogP contribution in [0.2, 0.25) is 0 Å².